The molecular weight excluding hydrogens is 338 g/mol. The van der Waals surface area contributed by atoms with Crippen molar-refractivity contribution in [3.05, 3.63) is 34.9 Å². The fourth-order valence-electron chi connectivity index (χ4n) is 3.58. The molecule has 0 aliphatic carbocycles. The van der Waals surface area contributed by atoms with Gasteiger partial charge < -0.3 is 10.2 Å². The van der Waals surface area contributed by atoms with Gasteiger partial charge in [-0.25, -0.2) is 8.78 Å². The van der Waals surface area contributed by atoms with Gasteiger partial charge >= 0.3 is 0 Å². The Kier molecular flexibility index (Phi) is 4.51. The Bertz CT molecular complexity index is 650. The van der Waals surface area contributed by atoms with E-state index in [0.29, 0.717) is 24.4 Å². The molecule has 2 aliphatic heterocycles. The molecule has 1 spiro atoms. The van der Waals surface area contributed by atoms with Gasteiger partial charge in [0.05, 0.1) is 12.0 Å². The van der Waals surface area contributed by atoms with Crippen molar-refractivity contribution in [3.63, 3.8) is 0 Å². The molecule has 0 saturated carbocycles. The summed E-state index contributed by atoms with van der Waals surface area (Å²) in [5, 5.41) is 3.22. The van der Waals surface area contributed by atoms with Gasteiger partial charge in [-0.3, -0.25) is 9.59 Å². The summed E-state index contributed by atoms with van der Waals surface area (Å²) in [7, 11) is 0. The Morgan fingerprint density at radius 1 is 1.25 bits per heavy atom. The van der Waals surface area contributed by atoms with Crippen LogP contribution in [-0.2, 0) is 16.0 Å². The number of halogens is 3. The molecule has 0 unspecified atom stereocenters. The zero-order chi connectivity index (χ0) is 17.4. The van der Waals surface area contributed by atoms with Crippen LogP contribution in [0.25, 0.3) is 0 Å². The molecule has 2 amide bonds. The molecule has 1 atom stereocenters. The van der Waals surface area contributed by atoms with Crippen molar-refractivity contribution < 1.29 is 18.4 Å². The molecular formula is C17H19ClF2N2O2. The average molecular weight is 357 g/mol. The Labute approximate surface area is 144 Å². The molecule has 1 aromatic carbocycles. The van der Waals surface area contributed by atoms with Crippen LogP contribution in [-0.4, -0.2) is 42.3 Å². The SMILES string of the molecule is O=C(CCc1ccc(Cl)cc1)N1CC(F)(F)C[C@]2(CCNC2=O)C1. The van der Waals surface area contributed by atoms with Gasteiger partial charge in [-0.05, 0) is 30.5 Å². The number of piperidine rings is 1. The Morgan fingerprint density at radius 2 is 1.96 bits per heavy atom. The van der Waals surface area contributed by atoms with E-state index in [0.717, 1.165) is 10.5 Å². The monoisotopic (exact) mass is 356 g/mol. The number of aryl methyl sites for hydroxylation is 1. The van der Waals surface area contributed by atoms with Crippen LogP contribution < -0.4 is 5.32 Å². The van der Waals surface area contributed by atoms with Gasteiger partial charge in [-0.2, -0.15) is 0 Å². The quantitative estimate of drug-likeness (QED) is 0.905. The van der Waals surface area contributed by atoms with Crippen molar-refractivity contribution >= 4 is 23.4 Å². The lowest BCUT2D eigenvalue weighted by atomic mass is 9.77. The third-order valence-electron chi connectivity index (χ3n) is 4.78. The summed E-state index contributed by atoms with van der Waals surface area (Å²) in [5.41, 5.74) is -0.220. The Morgan fingerprint density at radius 3 is 2.58 bits per heavy atom. The summed E-state index contributed by atoms with van der Waals surface area (Å²) in [6.45, 7) is -0.142. The lowest BCUT2D eigenvalue weighted by Gasteiger charge is -2.42. The van der Waals surface area contributed by atoms with Gasteiger partial charge in [0.15, 0.2) is 0 Å². The van der Waals surface area contributed by atoms with Crippen LogP contribution in [0.5, 0.6) is 0 Å². The van der Waals surface area contributed by atoms with E-state index in [1.165, 1.54) is 0 Å². The van der Waals surface area contributed by atoms with E-state index in [-0.39, 0.29) is 24.8 Å². The first-order valence-electron chi connectivity index (χ1n) is 7.98. The van der Waals surface area contributed by atoms with Crippen molar-refractivity contribution in [1.29, 1.82) is 0 Å². The third-order valence-corrected chi connectivity index (χ3v) is 5.03. The van der Waals surface area contributed by atoms with Gasteiger partial charge in [0.25, 0.3) is 5.92 Å². The first kappa shape index (κ1) is 17.1. The van der Waals surface area contributed by atoms with Gasteiger partial charge in [0.1, 0.15) is 0 Å². The maximum absolute atomic E-state index is 14.1. The second-order valence-electron chi connectivity index (χ2n) is 6.70. The molecule has 1 N–H and O–H groups in total. The van der Waals surface area contributed by atoms with Crippen LogP contribution in [0.3, 0.4) is 0 Å². The van der Waals surface area contributed by atoms with Gasteiger partial charge in [-0.1, -0.05) is 23.7 Å². The highest BCUT2D eigenvalue weighted by atomic mass is 35.5. The van der Waals surface area contributed by atoms with Crippen LogP contribution in [0.4, 0.5) is 8.78 Å². The van der Waals surface area contributed by atoms with Crippen LogP contribution in [0.2, 0.25) is 5.02 Å². The molecule has 2 fully saturated rings. The van der Waals surface area contributed by atoms with Crippen molar-refractivity contribution in [2.45, 2.75) is 31.6 Å². The Hall–Kier alpha value is -1.69. The van der Waals surface area contributed by atoms with E-state index >= 15 is 0 Å². The zero-order valence-electron chi connectivity index (χ0n) is 13.2. The molecule has 0 aromatic heterocycles. The first-order valence-corrected chi connectivity index (χ1v) is 8.36. The van der Waals surface area contributed by atoms with Crippen molar-refractivity contribution in [1.82, 2.24) is 10.2 Å². The molecule has 130 valence electrons. The largest absolute Gasteiger partial charge is 0.356 e. The van der Waals surface area contributed by atoms with E-state index in [1.54, 1.807) is 12.1 Å². The highest BCUT2D eigenvalue weighted by Crippen LogP contribution is 2.43. The normalized spacial score (nSPS) is 25.8. The maximum Gasteiger partial charge on any atom is 0.266 e. The lowest BCUT2D eigenvalue weighted by molar-refractivity contribution is -0.160. The molecule has 3 rings (SSSR count). The molecule has 7 heteroatoms. The van der Waals surface area contributed by atoms with Crippen LogP contribution in [0.1, 0.15) is 24.8 Å². The lowest BCUT2D eigenvalue weighted by Crippen LogP contribution is -2.56. The molecule has 1 aromatic rings. The number of alkyl halides is 2. The van der Waals surface area contributed by atoms with E-state index in [4.69, 9.17) is 11.6 Å². The number of hydrogen-bond acceptors (Lipinski definition) is 2. The molecule has 2 heterocycles. The smallest absolute Gasteiger partial charge is 0.266 e. The fraction of sp³-hybridized carbons (Fsp3) is 0.529. The number of carbonyl (C=O) groups excluding carboxylic acids is 2. The molecule has 2 aliphatic rings. The van der Waals surface area contributed by atoms with E-state index in [1.807, 2.05) is 12.1 Å². The van der Waals surface area contributed by atoms with Crippen LogP contribution in [0, 0.1) is 5.41 Å². The van der Waals surface area contributed by atoms with Gasteiger partial charge in [0.2, 0.25) is 11.8 Å². The second-order valence-corrected chi connectivity index (χ2v) is 7.13. The third kappa shape index (κ3) is 3.53. The number of nitrogens with one attached hydrogen (secondary N) is 1. The predicted molar refractivity (Wildman–Crippen MR) is 86.0 cm³/mol. The number of hydrogen-bond donors (Lipinski definition) is 1. The fourth-order valence-corrected chi connectivity index (χ4v) is 3.71. The summed E-state index contributed by atoms with van der Waals surface area (Å²) in [4.78, 5) is 25.6. The summed E-state index contributed by atoms with van der Waals surface area (Å²) in [5.74, 6) is -3.74. The number of carbonyl (C=O) groups is 2. The Balaban J connectivity index is 1.67. The molecule has 24 heavy (non-hydrogen) atoms. The minimum atomic E-state index is -3.03. The summed E-state index contributed by atoms with van der Waals surface area (Å²) < 4.78 is 28.2. The summed E-state index contributed by atoms with van der Waals surface area (Å²) in [6, 6.07) is 7.08. The van der Waals surface area contributed by atoms with Gasteiger partial charge in [-0.15, -0.1) is 0 Å². The van der Waals surface area contributed by atoms with Crippen LogP contribution in [0.15, 0.2) is 24.3 Å². The van der Waals surface area contributed by atoms with Crippen LogP contribution >= 0.6 is 11.6 Å². The summed E-state index contributed by atoms with van der Waals surface area (Å²) >= 11 is 5.81. The molecule has 4 nitrogen and oxygen atoms in total. The highest BCUT2D eigenvalue weighted by Gasteiger charge is 2.55. The summed E-state index contributed by atoms with van der Waals surface area (Å²) in [6.07, 6.45) is 0.460. The van der Waals surface area contributed by atoms with Crippen molar-refractivity contribution in [3.8, 4) is 0 Å². The average Bonchev–Trinajstić information content (AvgIpc) is 2.84. The number of nitrogens with zero attached hydrogens (tertiary/aromatic N) is 1. The number of benzene rings is 1. The minimum Gasteiger partial charge on any atom is -0.356 e. The van der Waals surface area contributed by atoms with E-state index < -0.39 is 24.3 Å². The van der Waals surface area contributed by atoms with Crippen molar-refractivity contribution in [2.24, 2.45) is 5.41 Å². The van der Waals surface area contributed by atoms with E-state index in [9.17, 15) is 18.4 Å². The van der Waals surface area contributed by atoms with Gasteiger partial charge in [0, 0.05) is 31.0 Å². The second kappa shape index (κ2) is 6.31. The number of rotatable bonds is 3. The predicted octanol–water partition coefficient (Wildman–Crippen LogP) is 2.65. The molecule has 2 saturated heterocycles. The first-order chi connectivity index (χ1) is 11.3. The highest BCUT2D eigenvalue weighted by molar-refractivity contribution is 6.30. The maximum atomic E-state index is 14.1. The minimum absolute atomic E-state index is 0.0773. The molecule has 0 bridgehead atoms. The number of likely N-dealkylation sites (tertiary alicyclic amines) is 1. The number of amides is 2. The van der Waals surface area contributed by atoms with Crippen molar-refractivity contribution in [2.75, 3.05) is 19.6 Å². The zero-order valence-corrected chi connectivity index (χ0v) is 13.9. The van der Waals surface area contributed by atoms with E-state index in [2.05, 4.69) is 5.32 Å². The standard InChI is InChI=1S/C17H19ClF2N2O2/c18-13-4-1-12(2-5-13)3-6-14(23)22-10-16(7-8-21-15(16)24)9-17(19,20)11-22/h1-2,4-5H,3,6-11H2,(H,21,24)/t16-/m1/s1. The topological polar surface area (TPSA) is 49.4 Å². The molecule has 0 radical (unpaired) electrons.